The molecule has 6 heteroatoms. The summed E-state index contributed by atoms with van der Waals surface area (Å²) in [7, 11) is 0. The minimum atomic E-state index is -0.210. The van der Waals surface area contributed by atoms with Gasteiger partial charge in [-0.3, -0.25) is 9.69 Å². The van der Waals surface area contributed by atoms with Crippen molar-refractivity contribution in [3.8, 4) is 11.3 Å². The average Bonchev–Trinajstić information content (AvgIpc) is 3.24. The Hall–Kier alpha value is -2.99. The SMILES string of the molecule is O=C(CCn1cnc(-c2ccccc2)c1)N1CCN(Cc2ccc(F)cc2)CC1. The van der Waals surface area contributed by atoms with Gasteiger partial charge in [0.2, 0.25) is 5.91 Å². The second-order valence-electron chi connectivity index (χ2n) is 7.40. The molecule has 0 N–H and O–H groups in total. The van der Waals surface area contributed by atoms with Crippen molar-refractivity contribution in [1.82, 2.24) is 19.4 Å². The van der Waals surface area contributed by atoms with E-state index in [1.54, 1.807) is 6.33 Å². The Morgan fingerprint density at radius 3 is 2.41 bits per heavy atom. The molecule has 2 heterocycles. The Morgan fingerprint density at radius 2 is 1.69 bits per heavy atom. The van der Waals surface area contributed by atoms with Crippen molar-refractivity contribution in [3.05, 3.63) is 78.5 Å². The zero-order valence-corrected chi connectivity index (χ0v) is 16.4. The number of hydrogen-bond donors (Lipinski definition) is 0. The number of aryl methyl sites for hydroxylation is 1. The largest absolute Gasteiger partial charge is 0.340 e. The number of nitrogens with zero attached hydrogens (tertiary/aromatic N) is 4. The lowest BCUT2D eigenvalue weighted by molar-refractivity contribution is -0.133. The topological polar surface area (TPSA) is 41.4 Å². The van der Waals surface area contributed by atoms with Crippen LogP contribution >= 0.6 is 0 Å². The first-order valence-corrected chi connectivity index (χ1v) is 9.99. The summed E-state index contributed by atoms with van der Waals surface area (Å²) in [5.74, 6) is -0.0284. The van der Waals surface area contributed by atoms with Gasteiger partial charge < -0.3 is 9.47 Å². The third kappa shape index (κ3) is 5.09. The molecule has 0 atom stereocenters. The fourth-order valence-corrected chi connectivity index (χ4v) is 3.63. The predicted molar refractivity (Wildman–Crippen MR) is 111 cm³/mol. The summed E-state index contributed by atoms with van der Waals surface area (Å²) in [5, 5.41) is 0. The molecule has 1 fully saturated rings. The number of carbonyl (C=O) groups excluding carboxylic acids is 1. The quantitative estimate of drug-likeness (QED) is 0.645. The number of imidazole rings is 1. The van der Waals surface area contributed by atoms with Gasteiger partial charge in [0, 0.05) is 57.4 Å². The summed E-state index contributed by atoms with van der Waals surface area (Å²) in [6.45, 7) is 4.57. The van der Waals surface area contributed by atoms with Crippen LogP contribution in [-0.2, 0) is 17.9 Å². The van der Waals surface area contributed by atoms with E-state index in [0.29, 0.717) is 13.0 Å². The number of aromatic nitrogens is 2. The molecule has 1 amide bonds. The van der Waals surface area contributed by atoms with Gasteiger partial charge in [-0.1, -0.05) is 42.5 Å². The summed E-state index contributed by atoms with van der Waals surface area (Å²) in [4.78, 5) is 21.3. The molecular weight excluding hydrogens is 367 g/mol. The second kappa shape index (κ2) is 9.01. The fraction of sp³-hybridized carbons (Fsp3) is 0.304. The molecule has 0 spiro atoms. The minimum absolute atomic E-state index is 0.182. The van der Waals surface area contributed by atoms with E-state index in [1.165, 1.54) is 12.1 Å². The molecule has 150 valence electrons. The van der Waals surface area contributed by atoms with E-state index in [4.69, 9.17) is 0 Å². The third-order valence-corrected chi connectivity index (χ3v) is 5.33. The van der Waals surface area contributed by atoms with E-state index >= 15 is 0 Å². The number of rotatable bonds is 6. The summed E-state index contributed by atoms with van der Waals surface area (Å²) in [6.07, 6.45) is 4.25. The van der Waals surface area contributed by atoms with E-state index in [-0.39, 0.29) is 11.7 Å². The van der Waals surface area contributed by atoms with Crippen molar-refractivity contribution in [2.75, 3.05) is 26.2 Å². The van der Waals surface area contributed by atoms with E-state index in [1.807, 2.05) is 58.1 Å². The lowest BCUT2D eigenvalue weighted by Crippen LogP contribution is -2.48. The fourth-order valence-electron chi connectivity index (χ4n) is 3.63. The highest BCUT2D eigenvalue weighted by Crippen LogP contribution is 2.16. The number of amides is 1. The van der Waals surface area contributed by atoms with E-state index < -0.39 is 0 Å². The summed E-state index contributed by atoms with van der Waals surface area (Å²) >= 11 is 0. The second-order valence-corrected chi connectivity index (χ2v) is 7.40. The third-order valence-electron chi connectivity index (χ3n) is 5.33. The highest BCUT2D eigenvalue weighted by molar-refractivity contribution is 5.76. The van der Waals surface area contributed by atoms with Crippen molar-refractivity contribution in [2.45, 2.75) is 19.5 Å². The summed E-state index contributed by atoms with van der Waals surface area (Å²) < 4.78 is 15.0. The van der Waals surface area contributed by atoms with Gasteiger partial charge in [0.05, 0.1) is 12.0 Å². The molecule has 2 aromatic carbocycles. The predicted octanol–water partition coefficient (Wildman–Crippen LogP) is 3.42. The van der Waals surface area contributed by atoms with Crippen LogP contribution in [0.15, 0.2) is 67.1 Å². The monoisotopic (exact) mass is 392 g/mol. The van der Waals surface area contributed by atoms with E-state index in [0.717, 1.165) is 49.5 Å². The zero-order chi connectivity index (χ0) is 20.1. The van der Waals surface area contributed by atoms with Crippen LogP contribution in [0.1, 0.15) is 12.0 Å². The Kier molecular flexibility index (Phi) is 6.00. The number of piperazine rings is 1. The molecule has 0 bridgehead atoms. The first kappa shape index (κ1) is 19.3. The Morgan fingerprint density at radius 1 is 0.966 bits per heavy atom. The molecule has 1 aromatic heterocycles. The number of hydrogen-bond acceptors (Lipinski definition) is 3. The molecule has 1 saturated heterocycles. The molecule has 3 aromatic rings. The molecule has 1 aliphatic rings. The molecule has 1 aliphatic heterocycles. The normalized spacial score (nSPS) is 14.9. The van der Waals surface area contributed by atoms with Gasteiger partial charge in [-0.2, -0.15) is 0 Å². The van der Waals surface area contributed by atoms with Crippen LogP contribution in [0.2, 0.25) is 0 Å². The van der Waals surface area contributed by atoms with Crippen molar-refractivity contribution in [2.24, 2.45) is 0 Å². The van der Waals surface area contributed by atoms with Crippen molar-refractivity contribution in [3.63, 3.8) is 0 Å². The van der Waals surface area contributed by atoms with E-state index in [9.17, 15) is 9.18 Å². The van der Waals surface area contributed by atoms with E-state index in [2.05, 4.69) is 9.88 Å². The van der Waals surface area contributed by atoms with Crippen LogP contribution in [0.25, 0.3) is 11.3 Å². The average molecular weight is 392 g/mol. The van der Waals surface area contributed by atoms with Gasteiger partial charge in [0.15, 0.2) is 0 Å². The van der Waals surface area contributed by atoms with Gasteiger partial charge in [0.1, 0.15) is 5.82 Å². The number of benzene rings is 2. The highest BCUT2D eigenvalue weighted by Gasteiger charge is 2.21. The zero-order valence-electron chi connectivity index (χ0n) is 16.4. The molecule has 0 saturated carbocycles. The molecule has 4 rings (SSSR count). The van der Waals surface area contributed by atoms with Gasteiger partial charge in [-0.25, -0.2) is 9.37 Å². The maximum atomic E-state index is 13.0. The van der Waals surface area contributed by atoms with Crippen LogP contribution in [0.5, 0.6) is 0 Å². The first-order valence-electron chi connectivity index (χ1n) is 9.99. The van der Waals surface area contributed by atoms with Crippen molar-refractivity contribution in [1.29, 1.82) is 0 Å². The molecule has 0 aliphatic carbocycles. The number of halogens is 1. The maximum absolute atomic E-state index is 13.0. The Balaban J connectivity index is 1.23. The van der Waals surface area contributed by atoms with Crippen LogP contribution in [-0.4, -0.2) is 51.4 Å². The van der Waals surface area contributed by atoms with Crippen molar-refractivity contribution < 1.29 is 9.18 Å². The van der Waals surface area contributed by atoms with Gasteiger partial charge in [0.25, 0.3) is 0 Å². The Bertz CT molecular complexity index is 931. The molecular formula is C23H25FN4O. The molecule has 0 unspecified atom stereocenters. The first-order chi connectivity index (χ1) is 14.2. The smallest absolute Gasteiger partial charge is 0.224 e. The van der Waals surface area contributed by atoms with Gasteiger partial charge in [-0.15, -0.1) is 0 Å². The lowest BCUT2D eigenvalue weighted by atomic mass is 10.2. The molecule has 29 heavy (non-hydrogen) atoms. The highest BCUT2D eigenvalue weighted by atomic mass is 19.1. The molecule has 0 radical (unpaired) electrons. The standard InChI is InChI=1S/C23H25FN4O/c24-21-8-6-19(7-9-21)16-26-12-14-28(15-13-26)23(29)10-11-27-17-22(25-18-27)20-4-2-1-3-5-20/h1-9,17-18H,10-16H2. The minimum Gasteiger partial charge on any atom is -0.340 e. The van der Waals surface area contributed by atoms with Crippen LogP contribution < -0.4 is 0 Å². The number of carbonyl (C=O) groups is 1. The van der Waals surface area contributed by atoms with Crippen LogP contribution in [0.3, 0.4) is 0 Å². The van der Waals surface area contributed by atoms with Crippen molar-refractivity contribution >= 4 is 5.91 Å². The molecule has 5 nitrogen and oxygen atoms in total. The summed E-state index contributed by atoms with van der Waals surface area (Å²) in [6, 6.07) is 16.7. The van der Waals surface area contributed by atoms with Crippen LogP contribution in [0.4, 0.5) is 4.39 Å². The lowest BCUT2D eigenvalue weighted by Gasteiger charge is -2.34. The maximum Gasteiger partial charge on any atom is 0.224 e. The van der Waals surface area contributed by atoms with Crippen LogP contribution in [0, 0.1) is 5.82 Å². The van der Waals surface area contributed by atoms with Gasteiger partial charge >= 0.3 is 0 Å². The Labute approximate surface area is 170 Å². The summed E-state index contributed by atoms with van der Waals surface area (Å²) in [5.41, 5.74) is 3.10. The van der Waals surface area contributed by atoms with Gasteiger partial charge in [-0.05, 0) is 17.7 Å².